The molecule has 2 aromatic rings. The van der Waals surface area contributed by atoms with E-state index in [0.717, 1.165) is 22.2 Å². The minimum absolute atomic E-state index is 0.0165. The molecule has 0 aliphatic rings. The number of furan rings is 1. The van der Waals surface area contributed by atoms with Crippen LogP contribution in [0.3, 0.4) is 0 Å². The van der Waals surface area contributed by atoms with Crippen LogP contribution in [0.4, 0.5) is 0 Å². The third kappa shape index (κ3) is 3.07. The lowest BCUT2D eigenvalue weighted by molar-refractivity contribution is 0.0965. The first-order valence-corrected chi connectivity index (χ1v) is 6.34. The Morgan fingerprint density at radius 2 is 2.12 bits per heavy atom. The maximum atomic E-state index is 11.9. The SMILES string of the molecule is CCc1ccc(C(=O)Cc2cccc(Br)c2)o1. The van der Waals surface area contributed by atoms with Gasteiger partial charge < -0.3 is 4.42 Å². The lowest BCUT2D eigenvalue weighted by Gasteiger charge is -1.99. The minimum atomic E-state index is 0.0165. The van der Waals surface area contributed by atoms with Gasteiger partial charge in [-0.3, -0.25) is 4.79 Å². The molecule has 0 fully saturated rings. The van der Waals surface area contributed by atoms with Gasteiger partial charge in [0.2, 0.25) is 5.78 Å². The molecule has 2 rings (SSSR count). The molecule has 0 N–H and O–H groups in total. The van der Waals surface area contributed by atoms with Crippen LogP contribution in [0.15, 0.2) is 45.3 Å². The largest absolute Gasteiger partial charge is 0.458 e. The van der Waals surface area contributed by atoms with Crippen LogP contribution < -0.4 is 0 Å². The van der Waals surface area contributed by atoms with Crippen LogP contribution in [0.5, 0.6) is 0 Å². The first kappa shape index (κ1) is 12.1. The summed E-state index contributed by atoms with van der Waals surface area (Å²) in [4.78, 5) is 11.9. The van der Waals surface area contributed by atoms with Crippen LogP contribution in [-0.2, 0) is 12.8 Å². The first-order valence-electron chi connectivity index (χ1n) is 5.55. The average Bonchev–Trinajstić information content (AvgIpc) is 2.77. The van der Waals surface area contributed by atoms with Crippen molar-refractivity contribution in [2.75, 3.05) is 0 Å². The van der Waals surface area contributed by atoms with E-state index in [4.69, 9.17) is 4.42 Å². The van der Waals surface area contributed by atoms with Crippen LogP contribution in [-0.4, -0.2) is 5.78 Å². The maximum Gasteiger partial charge on any atom is 0.202 e. The fourth-order valence-corrected chi connectivity index (χ4v) is 2.08. The monoisotopic (exact) mass is 292 g/mol. The number of aryl methyl sites for hydroxylation is 1. The summed E-state index contributed by atoms with van der Waals surface area (Å²) in [5.41, 5.74) is 0.985. The Hall–Kier alpha value is -1.35. The van der Waals surface area contributed by atoms with Gasteiger partial charge in [0.05, 0.1) is 0 Å². The quantitative estimate of drug-likeness (QED) is 0.797. The first-order chi connectivity index (χ1) is 8.19. The zero-order chi connectivity index (χ0) is 12.3. The molecule has 0 unspecified atom stereocenters. The highest BCUT2D eigenvalue weighted by Crippen LogP contribution is 2.15. The predicted molar refractivity (Wildman–Crippen MR) is 70.3 cm³/mol. The third-order valence-electron chi connectivity index (χ3n) is 2.54. The molecule has 0 saturated carbocycles. The molecule has 0 aliphatic heterocycles. The highest BCUT2D eigenvalue weighted by molar-refractivity contribution is 9.10. The van der Waals surface area contributed by atoms with Crippen molar-refractivity contribution in [3.8, 4) is 0 Å². The average molecular weight is 293 g/mol. The molecule has 1 aromatic carbocycles. The highest BCUT2D eigenvalue weighted by atomic mass is 79.9. The molecule has 0 bridgehead atoms. The highest BCUT2D eigenvalue weighted by Gasteiger charge is 2.11. The fourth-order valence-electron chi connectivity index (χ4n) is 1.64. The van der Waals surface area contributed by atoms with Crippen LogP contribution in [0.1, 0.15) is 28.8 Å². The van der Waals surface area contributed by atoms with Gasteiger partial charge >= 0.3 is 0 Å². The number of ketones is 1. The van der Waals surface area contributed by atoms with Crippen molar-refractivity contribution >= 4 is 21.7 Å². The van der Waals surface area contributed by atoms with Gasteiger partial charge in [-0.1, -0.05) is 35.0 Å². The Kier molecular flexibility index (Phi) is 3.79. The van der Waals surface area contributed by atoms with Crippen LogP contribution in [0.25, 0.3) is 0 Å². The van der Waals surface area contributed by atoms with Crippen LogP contribution >= 0.6 is 15.9 Å². The second-order valence-corrected chi connectivity index (χ2v) is 4.77. The summed E-state index contributed by atoms with van der Waals surface area (Å²) in [6, 6.07) is 11.4. The van der Waals surface area contributed by atoms with E-state index in [9.17, 15) is 4.79 Å². The molecule has 0 aliphatic carbocycles. The van der Waals surface area contributed by atoms with Crippen molar-refractivity contribution in [3.63, 3.8) is 0 Å². The Morgan fingerprint density at radius 1 is 1.29 bits per heavy atom. The van der Waals surface area contributed by atoms with Crippen molar-refractivity contribution in [3.05, 3.63) is 58.0 Å². The fraction of sp³-hybridized carbons (Fsp3) is 0.214. The Morgan fingerprint density at radius 3 is 2.76 bits per heavy atom. The standard InChI is InChI=1S/C14H13BrO2/c1-2-12-6-7-14(17-12)13(16)9-10-4-3-5-11(15)8-10/h3-8H,2,9H2,1H3. The Balaban J connectivity index is 2.11. The van der Waals surface area contributed by atoms with E-state index >= 15 is 0 Å². The predicted octanol–water partition coefficient (Wildman–Crippen LogP) is 4.03. The maximum absolute atomic E-state index is 11.9. The lowest BCUT2D eigenvalue weighted by atomic mass is 10.1. The zero-order valence-electron chi connectivity index (χ0n) is 9.57. The zero-order valence-corrected chi connectivity index (χ0v) is 11.2. The summed E-state index contributed by atoms with van der Waals surface area (Å²) in [7, 11) is 0. The number of Topliss-reactive ketones (excluding diaryl/α,β-unsaturated/α-hetero) is 1. The Labute approximate surface area is 109 Å². The summed E-state index contributed by atoms with van der Waals surface area (Å²) in [6.07, 6.45) is 1.18. The van der Waals surface area contributed by atoms with E-state index in [0.29, 0.717) is 12.2 Å². The molecule has 17 heavy (non-hydrogen) atoms. The topological polar surface area (TPSA) is 30.2 Å². The normalized spacial score (nSPS) is 10.5. The van der Waals surface area contributed by atoms with Gasteiger partial charge in [0.25, 0.3) is 0 Å². The number of benzene rings is 1. The molecular formula is C14H13BrO2. The molecular weight excluding hydrogens is 280 g/mol. The summed E-state index contributed by atoms with van der Waals surface area (Å²) in [5, 5.41) is 0. The molecule has 0 amide bonds. The van der Waals surface area contributed by atoms with Crippen molar-refractivity contribution in [2.45, 2.75) is 19.8 Å². The van der Waals surface area contributed by atoms with E-state index in [-0.39, 0.29) is 5.78 Å². The Bertz CT molecular complexity index is 529. The lowest BCUT2D eigenvalue weighted by Crippen LogP contribution is -2.01. The molecule has 1 heterocycles. The molecule has 0 atom stereocenters. The van der Waals surface area contributed by atoms with Gasteiger partial charge in [-0.25, -0.2) is 0 Å². The number of carbonyl (C=O) groups is 1. The van der Waals surface area contributed by atoms with E-state index in [2.05, 4.69) is 15.9 Å². The van der Waals surface area contributed by atoms with E-state index < -0.39 is 0 Å². The number of halogens is 1. The number of rotatable bonds is 4. The van der Waals surface area contributed by atoms with Gasteiger partial charge in [0.15, 0.2) is 5.76 Å². The molecule has 0 saturated heterocycles. The second kappa shape index (κ2) is 5.32. The molecule has 0 spiro atoms. The summed E-state index contributed by atoms with van der Waals surface area (Å²) in [6.45, 7) is 2.00. The summed E-state index contributed by atoms with van der Waals surface area (Å²) in [5.74, 6) is 1.31. The van der Waals surface area contributed by atoms with Gasteiger partial charge in [-0.05, 0) is 29.8 Å². The second-order valence-electron chi connectivity index (χ2n) is 3.85. The molecule has 1 aromatic heterocycles. The van der Waals surface area contributed by atoms with Gasteiger partial charge in [-0.15, -0.1) is 0 Å². The van der Waals surface area contributed by atoms with Gasteiger partial charge in [-0.2, -0.15) is 0 Å². The van der Waals surface area contributed by atoms with Gasteiger partial charge in [0, 0.05) is 17.3 Å². The molecule has 0 radical (unpaired) electrons. The van der Waals surface area contributed by atoms with Crippen LogP contribution in [0, 0.1) is 0 Å². The number of hydrogen-bond donors (Lipinski definition) is 0. The number of carbonyl (C=O) groups excluding carboxylic acids is 1. The van der Waals surface area contributed by atoms with E-state index in [1.54, 1.807) is 6.07 Å². The summed E-state index contributed by atoms with van der Waals surface area (Å²) >= 11 is 3.39. The van der Waals surface area contributed by atoms with Gasteiger partial charge in [0.1, 0.15) is 5.76 Å². The molecule has 88 valence electrons. The molecule has 3 heteroatoms. The van der Waals surface area contributed by atoms with Crippen molar-refractivity contribution in [2.24, 2.45) is 0 Å². The van der Waals surface area contributed by atoms with Crippen LogP contribution in [0.2, 0.25) is 0 Å². The van der Waals surface area contributed by atoms with Crippen molar-refractivity contribution in [1.29, 1.82) is 0 Å². The number of hydrogen-bond acceptors (Lipinski definition) is 2. The van der Waals surface area contributed by atoms with E-state index in [1.807, 2.05) is 37.3 Å². The minimum Gasteiger partial charge on any atom is -0.458 e. The van der Waals surface area contributed by atoms with Crippen molar-refractivity contribution < 1.29 is 9.21 Å². The molecule has 2 nitrogen and oxygen atoms in total. The van der Waals surface area contributed by atoms with Crippen molar-refractivity contribution in [1.82, 2.24) is 0 Å². The third-order valence-corrected chi connectivity index (χ3v) is 3.03. The smallest absolute Gasteiger partial charge is 0.202 e. The van der Waals surface area contributed by atoms with E-state index in [1.165, 1.54) is 0 Å². The summed E-state index contributed by atoms with van der Waals surface area (Å²) < 4.78 is 6.42.